The highest BCUT2D eigenvalue weighted by Crippen LogP contribution is 2.29. The van der Waals surface area contributed by atoms with Gasteiger partial charge in [-0.15, -0.1) is 0 Å². The topological polar surface area (TPSA) is 59.4 Å². The molecule has 0 fully saturated rings. The smallest absolute Gasteiger partial charge is 0.303 e. The number of benzene rings is 1. The van der Waals surface area contributed by atoms with E-state index >= 15 is 0 Å². The molecule has 0 aliphatic heterocycles. The number of aryl methyl sites for hydroxylation is 2. The minimum atomic E-state index is -0.790. The van der Waals surface area contributed by atoms with Gasteiger partial charge in [0.05, 0.1) is 12.3 Å². The zero-order valence-corrected chi connectivity index (χ0v) is 13.0. The van der Waals surface area contributed by atoms with Gasteiger partial charge in [-0.2, -0.15) is 0 Å². The molecule has 0 aliphatic carbocycles. The predicted molar refractivity (Wildman–Crippen MR) is 86.2 cm³/mol. The van der Waals surface area contributed by atoms with E-state index in [0.717, 1.165) is 34.7 Å². The van der Waals surface area contributed by atoms with Gasteiger partial charge in [0.25, 0.3) is 0 Å². The summed E-state index contributed by atoms with van der Waals surface area (Å²) in [5, 5.41) is 8.78. The Morgan fingerprint density at radius 1 is 1.23 bits per heavy atom. The van der Waals surface area contributed by atoms with Crippen molar-refractivity contribution in [2.45, 2.75) is 33.1 Å². The standard InChI is InChI=1S/C18H21NO3/c1-3-12-22-17-7-5-4-6-15(17)16-10-8-14(13(2)19-16)9-11-18(20)21/h4-8,10H,3,9,11-12H2,1-2H3,(H,20,21). The zero-order valence-electron chi connectivity index (χ0n) is 13.0. The van der Waals surface area contributed by atoms with Crippen molar-refractivity contribution in [1.29, 1.82) is 0 Å². The molecular weight excluding hydrogens is 278 g/mol. The van der Waals surface area contributed by atoms with E-state index < -0.39 is 5.97 Å². The van der Waals surface area contributed by atoms with Crippen LogP contribution in [0.1, 0.15) is 31.0 Å². The molecule has 0 atom stereocenters. The third-order valence-corrected chi connectivity index (χ3v) is 3.43. The number of para-hydroxylation sites is 1. The quantitative estimate of drug-likeness (QED) is 0.843. The van der Waals surface area contributed by atoms with E-state index in [4.69, 9.17) is 9.84 Å². The van der Waals surface area contributed by atoms with Gasteiger partial charge in [0.2, 0.25) is 0 Å². The van der Waals surface area contributed by atoms with Crippen LogP contribution in [0.5, 0.6) is 5.75 Å². The Bertz CT molecular complexity index is 653. The summed E-state index contributed by atoms with van der Waals surface area (Å²) in [5.41, 5.74) is 3.65. The molecule has 2 rings (SSSR count). The van der Waals surface area contributed by atoms with Crippen LogP contribution in [0.3, 0.4) is 0 Å². The largest absolute Gasteiger partial charge is 0.493 e. The van der Waals surface area contributed by atoms with E-state index in [1.54, 1.807) is 0 Å². The lowest BCUT2D eigenvalue weighted by Crippen LogP contribution is -2.02. The molecule has 1 aromatic heterocycles. The molecular formula is C18H21NO3. The van der Waals surface area contributed by atoms with Crippen LogP contribution >= 0.6 is 0 Å². The summed E-state index contributed by atoms with van der Waals surface area (Å²) in [6.07, 6.45) is 1.58. The van der Waals surface area contributed by atoms with Crippen molar-refractivity contribution in [1.82, 2.24) is 4.98 Å². The molecule has 0 saturated heterocycles. The minimum absolute atomic E-state index is 0.123. The lowest BCUT2D eigenvalue weighted by Gasteiger charge is -2.12. The Hall–Kier alpha value is -2.36. The number of ether oxygens (including phenoxy) is 1. The number of rotatable bonds is 7. The highest BCUT2D eigenvalue weighted by Gasteiger charge is 2.10. The first-order chi connectivity index (χ1) is 10.6. The SMILES string of the molecule is CCCOc1ccccc1-c1ccc(CCC(=O)O)c(C)n1. The molecule has 4 nitrogen and oxygen atoms in total. The molecule has 0 aliphatic rings. The molecule has 4 heteroatoms. The van der Waals surface area contributed by atoms with Gasteiger partial charge in [0, 0.05) is 17.7 Å². The first-order valence-corrected chi connectivity index (χ1v) is 7.52. The van der Waals surface area contributed by atoms with Crippen LogP contribution in [0.4, 0.5) is 0 Å². The number of pyridine rings is 1. The monoisotopic (exact) mass is 299 g/mol. The van der Waals surface area contributed by atoms with Crippen LogP contribution in [0, 0.1) is 6.92 Å². The minimum Gasteiger partial charge on any atom is -0.493 e. The second-order valence-corrected chi connectivity index (χ2v) is 5.18. The summed E-state index contributed by atoms with van der Waals surface area (Å²) in [6.45, 7) is 4.66. The average Bonchev–Trinajstić information content (AvgIpc) is 2.52. The van der Waals surface area contributed by atoms with Crippen molar-refractivity contribution in [2.75, 3.05) is 6.61 Å². The number of aromatic nitrogens is 1. The van der Waals surface area contributed by atoms with Crippen molar-refractivity contribution < 1.29 is 14.6 Å². The zero-order chi connectivity index (χ0) is 15.9. The van der Waals surface area contributed by atoms with Gasteiger partial charge < -0.3 is 9.84 Å². The van der Waals surface area contributed by atoms with E-state index in [0.29, 0.717) is 13.0 Å². The molecule has 0 saturated carbocycles. The van der Waals surface area contributed by atoms with Crippen LogP contribution in [-0.2, 0) is 11.2 Å². The molecule has 0 bridgehead atoms. The van der Waals surface area contributed by atoms with Crippen molar-refractivity contribution >= 4 is 5.97 Å². The number of carboxylic acids is 1. The summed E-state index contributed by atoms with van der Waals surface area (Å²) in [6, 6.07) is 11.7. The molecule has 1 heterocycles. The Morgan fingerprint density at radius 3 is 2.68 bits per heavy atom. The van der Waals surface area contributed by atoms with Crippen LogP contribution in [0.2, 0.25) is 0 Å². The first kappa shape index (κ1) is 16.0. The Labute approximate surface area is 130 Å². The number of carbonyl (C=O) groups is 1. The maximum atomic E-state index is 10.7. The van der Waals surface area contributed by atoms with Crippen LogP contribution < -0.4 is 4.74 Å². The van der Waals surface area contributed by atoms with E-state index in [1.807, 2.05) is 43.3 Å². The van der Waals surface area contributed by atoms with Gasteiger partial charge >= 0.3 is 5.97 Å². The summed E-state index contributed by atoms with van der Waals surface area (Å²) in [4.78, 5) is 15.3. The highest BCUT2D eigenvalue weighted by molar-refractivity contribution is 5.68. The third kappa shape index (κ3) is 4.07. The lowest BCUT2D eigenvalue weighted by molar-refractivity contribution is -0.136. The molecule has 0 spiro atoms. The summed E-state index contributed by atoms with van der Waals surface area (Å²) in [7, 11) is 0. The van der Waals surface area contributed by atoms with Gasteiger partial charge in [-0.05, 0) is 43.5 Å². The van der Waals surface area contributed by atoms with E-state index in [-0.39, 0.29) is 6.42 Å². The Kier molecular flexibility index (Phi) is 5.53. The van der Waals surface area contributed by atoms with Gasteiger partial charge in [-0.25, -0.2) is 0 Å². The van der Waals surface area contributed by atoms with E-state index in [2.05, 4.69) is 11.9 Å². The molecule has 116 valence electrons. The van der Waals surface area contributed by atoms with Gasteiger partial charge in [-0.3, -0.25) is 9.78 Å². The number of carboxylic acid groups (broad SMARTS) is 1. The number of nitrogens with zero attached hydrogens (tertiary/aromatic N) is 1. The fourth-order valence-electron chi connectivity index (χ4n) is 2.26. The average molecular weight is 299 g/mol. The fraction of sp³-hybridized carbons (Fsp3) is 0.333. The Morgan fingerprint density at radius 2 is 2.00 bits per heavy atom. The van der Waals surface area contributed by atoms with Crippen LogP contribution in [0.25, 0.3) is 11.3 Å². The van der Waals surface area contributed by atoms with Crippen molar-refractivity contribution in [3.63, 3.8) is 0 Å². The normalized spacial score (nSPS) is 10.5. The van der Waals surface area contributed by atoms with Gasteiger partial charge in [0.15, 0.2) is 0 Å². The maximum absolute atomic E-state index is 10.7. The number of hydrogen-bond donors (Lipinski definition) is 1. The number of hydrogen-bond acceptors (Lipinski definition) is 3. The van der Waals surface area contributed by atoms with Crippen molar-refractivity contribution in [3.05, 3.63) is 47.7 Å². The van der Waals surface area contributed by atoms with Crippen LogP contribution in [0.15, 0.2) is 36.4 Å². The molecule has 22 heavy (non-hydrogen) atoms. The third-order valence-electron chi connectivity index (χ3n) is 3.43. The fourth-order valence-corrected chi connectivity index (χ4v) is 2.26. The second kappa shape index (κ2) is 7.59. The van der Waals surface area contributed by atoms with Crippen molar-refractivity contribution in [2.24, 2.45) is 0 Å². The van der Waals surface area contributed by atoms with E-state index in [9.17, 15) is 4.79 Å². The number of aliphatic carboxylic acids is 1. The summed E-state index contributed by atoms with van der Waals surface area (Å²) >= 11 is 0. The summed E-state index contributed by atoms with van der Waals surface area (Å²) < 4.78 is 5.77. The molecule has 0 radical (unpaired) electrons. The molecule has 2 aromatic rings. The maximum Gasteiger partial charge on any atom is 0.303 e. The highest BCUT2D eigenvalue weighted by atomic mass is 16.5. The first-order valence-electron chi connectivity index (χ1n) is 7.52. The van der Waals surface area contributed by atoms with Gasteiger partial charge in [-0.1, -0.05) is 25.1 Å². The lowest BCUT2D eigenvalue weighted by atomic mass is 10.0. The van der Waals surface area contributed by atoms with E-state index in [1.165, 1.54) is 0 Å². The van der Waals surface area contributed by atoms with Gasteiger partial charge in [0.1, 0.15) is 5.75 Å². The predicted octanol–water partition coefficient (Wildman–Crippen LogP) is 3.86. The van der Waals surface area contributed by atoms with Crippen molar-refractivity contribution in [3.8, 4) is 17.0 Å². The Balaban J connectivity index is 2.26. The molecule has 0 unspecified atom stereocenters. The second-order valence-electron chi connectivity index (χ2n) is 5.18. The van der Waals surface area contributed by atoms with Crippen LogP contribution in [-0.4, -0.2) is 22.7 Å². The molecule has 0 amide bonds. The molecule has 1 N–H and O–H groups in total. The molecule has 1 aromatic carbocycles. The summed E-state index contributed by atoms with van der Waals surface area (Å²) in [5.74, 6) is 0.0383.